The Morgan fingerprint density at radius 1 is 1.32 bits per heavy atom. The van der Waals surface area contributed by atoms with Crippen LogP contribution in [0.3, 0.4) is 0 Å². The number of carbonyl (C=O) groups excluding carboxylic acids is 1. The van der Waals surface area contributed by atoms with Gasteiger partial charge in [-0.25, -0.2) is 0 Å². The second-order valence-electron chi connectivity index (χ2n) is 3.99. The molecule has 1 radical (unpaired) electrons. The van der Waals surface area contributed by atoms with Crippen molar-refractivity contribution in [2.24, 2.45) is 0 Å². The molecule has 0 bridgehead atoms. The smallest absolute Gasteiger partial charge is 0.308 e. The van der Waals surface area contributed by atoms with E-state index in [2.05, 4.69) is 12.7 Å². The monoisotopic (exact) mass is 329 g/mol. The summed E-state index contributed by atoms with van der Waals surface area (Å²) in [5, 5.41) is 0. The number of ether oxygens (including phenoxy) is 1. The van der Waals surface area contributed by atoms with Gasteiger partial charge in [0.1, 0.15) is 5.75 Å². The molecule has 95 valence electrons. The van der Waals surface area contributed by atoms with E-state index in [1.54, 1.807) is 12.1 Å². The number of hydrogen-bond donors (Lipinski definition) is 0. The first-order valence-electron chi connectivity index (χ1n) is 5.59. The van der Waals surface area contributed by atoms with Crippen LogP contribution in [0.2, 0.25) is 0 Å². The molecule has 0 spiro atoms. The normalized spacial score (nSPS) is 13.7. The van der Waals surface area contributed by atoms with Crippen LogP contribution < -0.4 is 4.74 Å². The number of allylic oxidation sites excluding steroid dienone is 3. The van der Waals surface area contributed by atoms with E-state index in [0.29, 0.717) is 5.75 Å². The van der Waals surface area contributed by atoms with Crippen molar-refractivity contribution in [2.45, 2.75) is 6.92 Å². The van der Waals surface area contributed by atoms with E-state index < -0.39 is 0 Å². The number of benzene rings is 1. The molecule has 3 nitrogen and oxygen atoms in total. The van der Waals surface area contributed by atoms with Crippen LogP contribution in [0.4, 0.5) is 0 Å². The first kappa shape index (κ1) is 15.9. The van der Waals surface area contributed by atoms with Crippen LogP contribution in [0, 0.1) is 6.08 Å². The van der Waals surface area contributed by atoms with Gasteiger partial charge in [0.25, 0.3) is 0 Å². The summed E-state index contributed by atoms with van der Waals surface area (Å²) in [6, 6.07) is 7.31. The van der Waals surface area contributed by atoms with Crippen molar-refractivity contribution in [3.05, 3.63) is 60.3 Å². The van der Waals surface area contributed by atoms with E-state index in [0.717, 1.165) is 17.0 Å². The molecule has 2 rings (SSSR count). The summed E-state index contributed by atoms with van der Waals surface area (Å²) in [5.41, 5.74) is 2.85. The Bertz CT molecular complexity index is 544. The Balaban J connectivity index is 0.00000180. The molecule has 0 aromatic heterocycles. The summed E-state index contributed by atoms with van der Waals surface area (Å²) in [6.07, 6.45) is 6.91. The van der Waals surface area contributed by atoms with Crippen LogP contribution in [-0.2, 0) is 37.5 Å². The quantitative estimate of drug-likeness (QED) is 0.475. The Labute approximate surface area is 138 Å². The predicted octanol–water partition coefficient (Wildman–Crippen LogP) is 2.77. The number of rotatable bonds is 2. The summed E-state index contributed by atoms with van der Waals surface area (Å²) in [7, 11) is 1.94. The minimum atomic E-state index is -0.320. The zero-order chi connectivity index (χ0) is 13.1. The van der Waals surface area contributed by atoms with Gasteiger partial charge >= 0.3 is 5.97 Å². The van der Waals surface area contributed by atoms with Crippen molar-refractivity contribution in [3.8, 4) is 5.75 Å². The maximum Gasteiger partial charge on any atom is 0.308 e. The first-order valence-corrected chi connectivity index (χ1v) is 5.59. The Hall–Kier alpha value is -1.19. The molecule has 0 unspecified atom stereocenters. The molecule has 19 heavy (non-hydrogen) atoms. The van der Waals surface area contributed by atoms with Gasteiger partial charge in [0.2, 0.25) is 0 Å². The molecule has 4 heteroatoms. The van der Waals surface area contributed by atoms with Gasteiger partial charge in [-0.05, 0) is 17.8 Å². The van der Waals surface area contributed by atoms with Gasteiger partial charge < -0.3 is 9.64 Å². The van der Waals surface area contributed by atoms with E-state index in [-0.39, 0.29) is 38.7 Å². The fourth-order valence-electron chi connectivity index (χ4n) is 1.69. The van der Waals surface area contributed by atoms with Crippen LogP contribution in [0.25, 0.3) is 5.70 Å². The second-order valence-corrected chi connectivity index (χ2v) is 3.99. The average molecular weight is 329 g/mol. The van der Waals surface area contributed by atoms with Crippen molar-refractivity contribution < 1.29 is 42.2 Å². The van der Waals surface area contributed by atoms with E-state index in [9.17, 15) is 4.79 Å². The molecule has 0 saturated heterocycles. The zero-order valence-corrected chi connectivity index (χ0v) is 13.9. The maximum atomic E-state index is 10.8. The van der Waals surface area contributed by atoms with Crippen molar-refractivity contribution >= 4 is 11.7 Å². The summed E-state index contributed by atoms with van der Waals surface area (Å²) >= 11 is 0. The SMILES string of the molecule is C=C1C=C[C-]=C(c2ccc(OC(C)=O)cc2)N1C.[Y]. The van der Waals surface area contributed by atoms with E-state index in [4.69, 9.17) is 4.74 Å². The Morgan fingerprint density at radius 2 is 1.95 bits per heavy atom. The van der Waals surface area contributed by atoms with Gasteiger partial charge in [0, 0.05) is 46.7 Å². The molecule has 0 saturated carbocycles. The fourth-order valence-corrected chi connectivity index (χ4v) is 1.69. The third-order valence-corrected chi connectivity index (χ3v) is 2.65. The minimum Gasteiger partial charge on any atom is -0.427 e. The van der Waals surface area contributed by atoms with Gasteiger partial charge in [0.15, 0.2) is 0 Å². The average Bonchev–Trinajstić information content (AvgIpc) is 2.33. The molecule has 1 aromatic carbocycles. The molecule has 0 N–H and O–H groups in total. The van der Waals surface area contributed by atoms with Crippen LogP contribution in [0.5, 0.6) is 5.75 Å². The van der Waals surface area contributed by atoms with Crippen LogP contribution in [-0.4, -0.2) is 17.9 Å². The second kappa shape index (κ2) is 6.83. The number of esters is 1. The molecule has 1 aromatic rings. The third-order valence-electron chi connectivity index (χ3n) is 2.65. The minimum absolute atomic E-state index is 0. The molecular formula is C15H14NO2Y-. The largest absolute Gasteiger partial charge is 0.427 e. The molecule has 0 aliphatic carbocycles. The summed E-state index contributed by atoms with van der Waals surface area (Å²) in [5.74, 6) is 0.222. The maximum absolute atomic E-state index is 10.8. The zero-order valence-electron chi connectivity index (χ0n) is 11.0. The van der Waals surface area contributed by atoms with Gasteiger partial charge in [-0.1, -0.05) is 17.8 Å². The molecule has 0 amide bonds. The number of hydrogen-bond acceptors (Lipinski definition) is 3. The predicted molar refractivity (Wildman–Crippen MR) is 70.4 cm³/mol. The van der Waals surface area contributed by atoms with Crippen LogP contribution in [0.15, 0.2) is 48.7 Å². The molecule has 1 aliphatic heterocycles. The standard InChI is InChI=1S/C15H14NO2.Y/c1-11-5-4-6-15(16(11)3)13-7-9-14(10-8-13)18-12(2)17;/h4-5,7-10H,1H2,2-3H3;/q-1;. The topological polar surface area (TPSA) is 29.5 Å². The molecule has 0 atom stereocenters. The van der Waals surface area contributed by atoms with Gasteiger partial charge in [-0.2, -0.15) is 12.2 Å². The number of nitrogens with zero attached hydrogens (tertiary/aromatic N) is 1. The number of likely N-dealkylation sites (N-methyl/N-ethyl adjacent to an activating group) is 1. The van der Waals surface area contributed by atoms with Crippen LogP contribution >= 0.6 is 0 Å². The van der Waals surface area contributed by atoms with Crippen molar-refractivity contribution in [1.29, 1.82) is 0 Å². The molecular weight excluding hydrogens is 315 g/mol. The van der Waals surface area contributed by atoms with Crippen molar-refractivity contribution in [1.82, 2.24) is 4.90 Å². The van der Waals surface area contributed by atoms with Crippen molar-refractivity contribution in [2.75, 3.05) is 7.05 Å². The fraction of sp³-hybridized carbons (Fsp3) is 0.133. The number of carbonyl (C=O) groups is 1. The van der Waals surface area contributed by atoms with E-state index >= 15 is 0 Å². The van der Waals surface area contributed by atoms with E-state index in [1.165, 1.54) is 6.92 Å². The van der Waals surface area contributed by atoms with Gasteiger partial charge in [-0.3, -0.25) is 4.79 Å². The Morgan fingerprint density at radius 3 is 2.53 bits per heavy atom. The first-order chi connectivity index (χ1) is 8.58. The van der Waals surface area contributed by atoms with Gasteiger partial charge in [0.05, 0.1) is 0 Å². The Kier molecular flexibility index (Phi) is 5.70. The molecule has 1 heterocycles. The summed E-state index contributed by atoms with van der Waals surface area (Å²) < 4.78 is 4.99. The van der Waals surface area contributed by atoms with Crippen LogP contribution in [0.1, 0.15) is 12.5 Å². The van der Waals surface area contributed by atoms with E-state index in [1.807, 2.05) is 36.2 Å². The van der Waals surface area contributed by atoms with Crippen molar-refractivity contribution in [3.63, 3.8) is 0 Å². The molecule has 0 fully saturated rings. The third kappa shape index (κ3) is 3.89. The summed E-state index contributed by atoms with van der Waals surface area (Å²) in [4.78, 5) is 12.8. The molecule has 1 aliphatic rings. The van der Waals surface area contributed by atoms with Gasteiger partial charge in [-0.15, -0.1) is 18.2 Å². The summed E-state index contributed by atoms with van der Waals surface area (Å²) in [6.45, 7) is 5.32.